The minimum absolute atomic E-state index is 0.231. The summed E-state index contributed by atoms with van der Waals surface area (Å²) in [5, 5.41) is 0. The van der Waals surface area contributed by atoms with Crippen LogP contribution in [0, 0.1) is 0 Å². The van der Waals surface area contributed by atoms with E-state index in [2.05, 4.69) is 4.90 Å². The van der Waals surface area contributed by atoms with Crippen molar-refractivity contribution in [2.75, 3.05) is 13.1 Å². The zero-order valence-electron chi connectivity index (χ0n) is 6.62. The fourth-order valence-electron chi connectivity index (χ4n) is 2.11. The Morgan fingerprint density at radius 3 is 3.09 bits per heavy atom. The Hall–Kier alpha value is -0.410. The van der Waals surface area contributed by atoms with Gasteiger partial charge in [0.2, 0.25) is 0 Å². The fourth-order valence-corrected chi connectivity index (χ4v) is 2.11. The maximum atomic E-state index is 11.2. The molecule has 0 saturated carbocycles. The van der Waals surface area contributed by atoms with Crippen molar-refractivity contribution in [3.8, 4) is 0 Å². The minimum atomic E-state index is 0.231. The predicted molar refractivity (Wildman–Crippen MR) is 42.2 cm³/mol. The second-order valence-electron chi connectivity index (χ2n) is 3.56. The molecule has 2 rings (SSSR count). The first-order valence-corrected chi connectivity index (χ1v) is 4.30. The number of ketones is 1. The third-order valence-electron chi connectivity index (χ3n) is 2.74. The second kappa shape index (κ2) is 2.57. The maximum absolute atomic E-state index is 11.2. The van der Waals surface area contributed by atoms with Crippen molar-refractivity contribution in [2.24, 2.45) is 5.73 Å². The molecule has 2 aliphatic rings. The Labute approximate surface area is 66.5 Å². The molecular formula is C8H14N2O. The average molecular weight is 154 g/mol. The minimum Gasteiger partial charge on any atom is -0.327 e. The van der Waals surface area contributed by atoms with Gasteiger partial charge in [-0.15, -0.1) is 0 Å². The van der Waals surface area contributed by atoms with Gasteiger partial charge in [-0.25, -0.2) is 0 Å². The van der Waals surface area contributed by atoms with Crippen molar-refractivity contribution in [1.29, 1.82) is 0 Å². The highest BCUT2D eigenvalue weighted by Crippen LogP contribution is 2.23. The molecule has 2 heterocycles. The van der Waals surface area contributed by atoms with Crippen LogP contribution in [0.15, 0.2) is 0 Å². The number of rotatable bonds is 0. The Kier molecular flexibility index (Phi) is 1.69. The van der Waals surface area contributed by atoms with Crippen molar-refractivity contribution in [3.63, 3.8) is 0 Å². The Morgan fingerprint density at radius 1 is 1.45 bits per heavy atom. The number of carbonyl (C=O) groups is 1. The zero-order chi connectivity index (χ0) is 7.84. The first-order chi connectivity index (χ1) is 5.27. The van der Waals surface area contributed by atoms with Crippen LogP contribution < -0.4 is 5.73 Å². The predicted octanol–water partition coefficient (Wildman–Crippen LogP) is -0.249. The molecule has 0 aliphatic carbocycles. The highest BCUT2D eigenvalue weighted by atomic mass is 16.1. The van der Waals surface area contributed by atoms with Crippen LogP contribution in [0.3, 0.4) is 0 Å². The van der Waals surface area contributed by atoms with Gasteiger partial charge in [-0.2, -0.15) is 0 Å². The molecule has 2 aliphatic heterocycles. The molecule has 0 radical (unpaired) electrons. The molecule has 0 aromatic heterocycles. The molecule has 2 unspecified atom stereocenters. The normalized spacial score (nSPS) is 39.2. The molecule has 0 aromatic carbocycles. The van der Waals surface area contributed by atoms with Gasteiger partial charge in [0, 0.05) is 25.6 Å². The van der Waals surface area contributed by atoms with Crippen molar-refractivity contribution < 1.29 is 4.79 Å². The number of hydrogen-bond donors (Lipinski definition) is 1. The van der Waals surface area contributed by atoms with E-state index >= 15 is 0 Å². The van der Waals surface area contributed by atoms with E-state index in [0.29, 0.717) is 11.8 Å². The highest BCUT2D eigenvalue weighted by molar-refractivity contribution is 5.86. The molecule has 11 heavy (non-hydrogen) atoms. The van der Waals surface area contributed by atoms with E-state index in [4.69, 9.17) is 5.73 Å². The molecule has 62 valence electrons. The second-order valence-corrected chi connectivity index (χ2v) is 3.56. The number of nitrogens with zero attached hydrogens (tertiary/aromatic N) is 1. The van der Waals surface area contributed by atoms with Gasteiger partial charge in [-0.05, 0) is 12.8 Å². The van der Waals surface area contributed by atoms with Crippen LogP contribution in [-0.4, -0.2) is 35.9 Å². The summed E-state index contributed by atoms with van der Waals surface area (Å²) >= 11 is 0. The monoisotopic (exact) mass is 154 g/mol. The van der Waals surface area contributed by atoms with E-state index in [1.165, 1.54) is 0 Å². The number of hydrogen-bond acceptors (Lipinski definition) is 3. The summed E-state index contributed by atoms with van der Waals surface area (Å²) in [6.07, 6.45) is 2.75. The number of piperidine rings is 1. The van der Waals surface area contributed by atoms with Crippen LogP contribution in [0.5, 0.6) is 0 Å². The van der Waals surface area contributed by atoms with Gasteiger partial charge in [0.05, 0.1) is 6.04 Å². The molecule has 3 nitrogen and oxygen atoms in total. The van der Waals surface area contributed by atoms with Gasteiger partial charge in [-0.1, -0.05) is 0 Å². The van der Waals surface area contributed by atoms with Gasteiger partial charge < -0.3 is 5.73 Å². The molecule has 2 fully saturated rings. The van der Waals surface area contributed by atoms with E-state index in [1.807, 2.05) is 0 Å². The molecule has 2 atom stereocenters. The largest absolute Gasteiger partial charge is 0.327 e. The lowest BCUT2D eigenvalue weighted by molar-refractivity contribution is -0.120. The quantitative estimate of drug-likeness (QED) is 0.523. The van der Waals surface area contributed by atoms with E-state index in [1.54, 1.807) is 0 Å². The van der Waals surface area contributed by atoms with Gasteiger partial charge in [0.1, 0.15) is 0 Å². The van der Waals surface area contributed by atoms with Crippen LogP contribution in [-0.2, 0) is 4.79 Å². The third-order valence-corrected chi connectivity index (χ3v) is 2.74. The van der Waals surface area contributed by atoms with Crippen molar-refractivity contribution in [2.45, 2.75) is 31.3 Å². The van der Waals surface area contributed by atoms with E-state index in [0.717, 1.165) is 32.4 Å². The number of Topliss-reactive ketones (excluding diaryl/α,β-unsaturated/α-hetero) is 1. The van der Waals surface area contributed by atoms with E-state index < -0.39 is 0 Å². The average Bonchev–Trinajstić information content (AvgIpc) is 2.32. The highest BCUT2D eigenvalue weighted by Gasteiger charge is 2.35. The summed E-state index contributed by atoms with van der Waals surface area (Å²) in [5.74, 6) is 0.428. The molecule has 2 saturated heterocycles. The van der Waals surface area contributed by atoms with E-state index in [9.17, 15) is 4.79 Å². The van der Waals surface area contributed by atoms with Gasteiger partial charge in [0.25, 0.3) is 0 Å². The molecule has 0 bridgehead atoms. The smallest absolute Gasteiger partial charge is 0.151 e. The summed E-state index contributed by atoms with van der Waals surface area (Å²) < 4.78 is 0. The molecule has 0 aromatic rings. The Balaban J connectivity index is 2.06. The summed E-state index contributed by atoms with van der Waals surface area (Å²) in [7, 11) is 0. The van der Waals surface area contributed by atoms with Crippen LogP contribution in [0.25, 0.3) is 0 Å². The van der Waals surface area contributed by atoms with Crippen molar-refractivity contribution in [1.82, 2.24) is 4.90 Å². The van der Waals surface area contributed by atoms with Gasteiger partial charge in [0.15, 0.2) is 5.78 Å². The third kappa shape index (κ3) is 1.19. The van der Waals surface area contributed by atoms with Crippen molar-refractivity contribution in [3.05, 3.63) is 0 Å². The van der Waals surface area contributed by atoms with Crippen LogP contribution in [0.2, 0.25) is 0 Å². The molecular weight excluding hydrogens is 140 g/mol. The summed E-state index contributed by atoms with van der Waals surface area (Å²) in [6.45, 7) is 1.87. The van der Waals surface area contributed by atoms with Crippen LogP contribution >= 0.6 is 0 Å². The standard InChI is InChI=1S/C8H14N2O/c9-6-1-2-7-8(11)3-4-10(7)5-6/h6-7H,1-5,9H2. The van der Waals surface area contributed by atoms with Gasteiger partial charge in [-0.3, -0.25) is 9.69 Å². The summed E-state index contributed by atoms with van der Waals surface area (Å²) in [4.78, 5) is 13.5. The number of carbonyl (C=O) groups excluding carboxylic acids is 1. The van der Waals surface area contributed by atoms with E-state index in [-0.39, 0.29) is 6.04 Å². The number of nitrogens with two attached hydrogens (primary N) is 1. The molecule has 0 amide bonds. The summed E-state index contributed by atoms with van der Waals surface area (Å²) in [5.41, 5.74) is 5.78. The lowest BCUT2D eigenvalue weighted by Crippen LogP contribution is -2.47. The molecule has 2 N–H and O–H groups in total. The topological polar surface area (TPSA) is 46.3 Å². The number of fused-ring (bicyclic) bond motifs is 1. The first kappa shape index (κ1) is 7.25. The van der Waals surface area contributed by atoms with Gasteiger partial charge >= 0.3 is 0 Å². The fraction of sp³-hybridized carbons (Fsp3) is 0.875. The van der Waals surface area contributed by atoms with Crippen LogP contribution in [0.4, 0.5) is 0 Å². The molecule has 3 heteroatoms. The Bertz CT molecular complexity index is 181. The molecule has 0 spiro atoms. The zero-order valence-corrected chi connectivity index (χ0v) is 6.62. The summed E-state index contributed by atoms with van der Waals surface area (Å²) in [6, 6.07) is 0.534. The first-order valence-electron chi connectivity index (χ1n) is 4.30. The van der Waals surface area contributed by atoms with Crippen LogP contribution in [0.1, 0.15) is 19.3 Å². The lowest BCUT2D eigenvalue weighted by atomic mass is 9.99. The Morgan fingerprint density at radius 2 is 2.27 bits per heavy atom. The SMILES string of the molecule is NC1CCC2C(=O)CCN2C1. The lowest BCUT2D eigenvalue weighted by Gasteiger charge is -2.31. The van der Waals surface area contributed by atoms with Crippen molar-refractivity contribution >= 4 is 5.78 Å². The maximum Gasteiger partial charge on any atom is 0.151 e.